The van der Waals surface area contributed by atoms with Crippen LogP contribution in [-0.4, -0.2) is 24.1 Å². The van der Waals surface area contributed by atoms with E-state index in [1.165, 1.54) is 12.1 Å². The van der Waals surface area contributed by atoms with Gasteiger partial charge in [0.05, 0.1) is 6.61 Å². The van der Waals surface area contributed by atoms with Gasteiger partial charge >= 0.3 is 6.36 Å². The number of benzene rings is 1. The van der Waals surface area contributed by atoms with Crippen molar-refractivity contribution in [3.63, 3.8) is 0 Å². The first-order valence-corrected chi connectivity index (χ1v) is 6.08. The minimum atomic E-state index is -4.67. The Bertz CT molecular complexity index is 374. The summed E-state index contributed by atoms with van der Waals surface area (Å²) in [4.78, 5) is 0. The first-order chi connectivity index (χ1) is 8.85. The molecular weight excluding hydrogens is 259 g/mol. The lowest BCUT2D eigenvalue weighted by molar-refractivity contribution is -0.274. The maximum atomic E-state index is 12.0. The van der Waals surface area contributed by atoms with E-state index < -0.39 is 6.36 Å². The van der Waals surface area contributed by atoms with Crippen molar-refractivity contribution in [2.45, 2.75) is 38.7 Å². The topological polar surface area (TPSA) is 41.5 Å². The molecule has 2 atom stereocenters. The van der Waals surface area contributed by atoms with Gasteiger partial charge < -0.3 is 15.2 Å². The quantitative estimate of drug-likeness (QED) is 0.840. The lowest BCUT2D eigenvalue weighted by Gasteiger charge is -2.21. The summed E-state index contributed by atoms with van der Waals surface area (Å²) in [6.45, 7) is 3.86. The van der Waals surface area contributed by atoms with Crippen molar-refractivity contribution < 1.29 is 23.0 Å². The summed E-state index contributed by atoms with van der Waals surface area (Å²) >= 11 is 0. The molecule has 19 heavy (non-hydrogen) atoms. The third-order valence-corrected chi connectivity index (χ3v) is 2.81. The molecule has 0 aliphatic rings. The lowest BCUT2D eigenvalue weighted by Crippen LogP contribution is -2.33. The molecule has 1 aromatic carbocycles. The largest absolute Gasteiger partial charge is 0.573 e. The molecule has 0 aliphatic carbocycles. The van der Waals surface area contributed by atoms with E-state index in [4.69, 9.17) is 5.11 Å². The van der Waals surface area contributed by atoms with Crippen LogP contribution in [0, 0.1) is 0 Å². The zero-order valence-electron chi connectivity index (χ0n) is 10.9. The SMILES string of the molecule is CC[C@H](CO)NC(C)c1ccc(OC(F)(F)F)cc1. The molecule has 2 N–H and O–H groups in total. The number of aliphatic hydroxyl groups is 1. The molecular formula is C13H18F3NO2. The van der Waals surface area contributed by atoms with Crippen LogP contribution in [0.3, 0.4) is 0 Å². The smallest absolute Gasteiger partial charge is 0.406 e. The maximum Gasteiger partial charge on any atom is 0.573 e. The van der Waals surface area contributed by atoms with E-state index in [-0.39, 0.29) is 24.4 Å². The summed E-state index contributed by atoms with van der Waals surface area (Å²) in [5, 5.41) is 12.3. The van der Waals surface area contributed by atoms with E-state index >= 15 is 0 Å². The number of aliphatic hydroxyl groups excluding tert-OH is 1. The van der Waals surface area contributed by atoms with E-state index in [0.717, 1.165) is 12.0 Å². The Labute approximate surface area is 110 Å². The first kappa shape index (κ1) is 15.8. The van der Waals surface area contributed by atoms with Crippen molar-refractivity contribution in [1.82, 2.24) is 5.32 Å². The number of halogens is 3. The summed E-state index contributed by atoms with van der Waals surface area (Å²) in [5.74, 6) is -0.238. The van der Waals surface area contributed by atoms with Crippen LogP contribution in [0.1, 0.15) is 31.9 Å². The van der Waals surface area contributed by atoms with Crippen molar-refractivity contribution in [3.8, 4) is 5.75 Å². The van der Waals surface area contributed by atoms with Gasteiger partial charge in [0.1, 0.15) is 5.75 Å². The summed E-state index contributed by atoms with van der Waals surface area (Å²) in [6.07, 6.45) is -3.90. The van der Waals surface area contributed by atoms with Gasteiger partial charge in [-0.05, 0) is 31.0 Å². The summed E-state index contributed by atoms with van der Waals surface area (Å²) in [5.41, 5.74) is 0.835. The van der Waals surface area contributed by atoms with Crippen molar-refractivity contribution in [2.24, 2.45) is 0 Å². The Morgan fingerprint density at radius 3 is 2.26 bits per heavy atom. The van der Waals surface area contributed by atoms with Gasteiger partial charge in [-0.25, -0.2) is 0 Å². The van der Waals surface area contributed by atoms with Crippen LogP contribution in [0.2, 0.25) is 0 Å². The third kappa shape index (κ3) is 5.48. The second-order valence-electron chi connectivity index (χ2n) is 4.29. The number of ether oxygens (including phenoxy) is 1. The number of hydrogen-bond donors (Lipinski definition) is 2. The highest BCUT2D eigenvalue weighted by molar-refractivity contribution is 5.29. The monoisotopic (exact) mass is 277 g/mol. The van der Waals surface area contributed by atoms with E-state index in [1.54, 1.807) is 12.1 Å². The summed E-state index contributed by atoms with van der Waals surface area (Å²) < 4.78 is 39.8. The Morgan fingerprint density at radius 1 is 1.26 bits per heavy atom. The van der Waals surface area contributed by atoms with Crippen molar-refractivity contribution in [1.29, 1.82) is 0 Å². The van der Waals surface area contributed by atoms with Crippen LogP contribution in [0.5, 0.6) is 5.75 Å². The van der Waals surface area contributed by atoms with E-state index in [2.05, 4.69) is 10.1 Å². The molecule has 108 valence electrons. The number of nitrogens with one attached hydrogen (secondary N) is 1. The van der Waals surface area contributed by atoms with Crippen molar-refractivity contribution in [2.75, 3.05) is 6.61 Å². The molecule has 1 unspecified atom stereocenters. The molecule has 0 aliphatic heterocycles. The van der Waals surface area contributed by atoms with Gasteiger partial charge in [0.25, 0.3) is 0 Å². The second kappa shape index (κ2) is 6.77. The molecule has 0 saturated heterocycles. The van der Waals surface area contributed by atoms with Gasteiger partial charge in [-0.1, -0.05) is 19.1 Å². The molecule has 0 saturated carbocycles. The van der Waals surface area contributed by atoms with Gasteiger partial charge in [0.2, 0.25) is 0 Å². The predicted octanol–water partition coefficient (Wildman–Crippen LogP) is 3.01. The predicted molar refractivity (Wildman–Crippen MR) is 65.8 cm³/mol. The Balaban J connectivity index is 2.65. The standard InChI is InChI=1S/C13H18F3NO2/c1-3-11(8-18)17-9(2)10-4-6-12(7-5-10)19-13(14,15)16/h4-7,9,11,17-18H,3,8H2,1-2H3/t9?,11-/m1/s1. The normalized spacial score (nSPS) is 15.1. The van der Waals surface area contributed by atoms with Gasteiger partial charge in [-0.3, -0.25) is 0 Å². The molecule has 0 amide bonds. The molecule has 0 fully saturated rings. The average molecular weight is 277 g/mol. The van der Waals surface area contributed by atoms with E-state index in [1.807, 2.05) is 13.8 Å². The molecule has 0 radical (unpaired) electrons. The van der Waals surface area contributed by atoms with Crippen LogP contribution in [0.4, 0.5) is 13.2 Å². The molecule has 6 heteroatoms. The second-order valence-corrected chi connectivity index (χ2v) is 4.29. The maximum absolute atomic E-state index is 12.0. The van der Waals surface area contributed by atoms with Crippen LogP contribution >= 0.6 is 0 Å². The van der Waals surface area contributed by atoms with Gasteiger partial charge in [0, 0.05) is 12.1 Å². The minimum Gasteiger partial charge on any atom is -0.406 e. The van der Waals surface area contributed by atoms with Gasteiger partial charge in [-0.15, -0.1) is 13.2 Å². The van der Waals surface area contributed by atoms with E-state index in [0.29, 0.717) is 0 Å². The fourth-order valence-corrected chi connectivity index (χ4v) is 1.71. The lowest BCUT2D eigenvalue weighted by atomic mass is 10.1. The summed E-state index contributed by atoms with van der Waals surface area (Å²) in [6, 6.07) is 5.62. The molecule has 0 bridgehead atoms. The average Bonchev–Trinajstić information content (AvgIpc) is 2.34. The zero-order valence-corrected chi connectivity index (χ0v) is 10.9. The summed E-state index contributed by atoms with van der Waals surface area (Å²) in [7, 11) is 0. The molecule has 1 aromatic rings. The highest BCUT2D eigenvalue weighted by Crippen LogP contribution is 2.24. The third-order valence-electron chi connectivity index (χ3n) is 2.81. The molecule has 3 nitrogen and oxygen atoms in total. The van der Waals surface area contributed by atoms with Gasteiger partial charge in [0.15, 0.2) is 0 Å². The molecule has 1 rings (SSSR count). The van der Waals surface area contributed by atoms with Crippen molar-refractivity contribution >= 4 is 0 Å². The highest BCUT2D eigenvalue weighted by atomic mass is 19.4. The number of hydrogen-bond acceptors (Lipinski definition) is 3. The van der Waals surface area contributed by atoms with Crippen molar-refractivity contribution in [3.05, 3.63) is 29.8 Å². The number of rotatable bonds is 6. The first-order valence-electron chi connectivity index (χ1n) is 6.08. The van der Waals surface area contributed by atoms with E-state index in [9.17, 15) is 13.2 Å². The van der Waals surface area contributed by atoms with Crippen LogP contribution in [-0.2, 0) is 0 Å². The zero-order chi connectivity index (χ0) is 14.5. The Hall–Kier alpha value is -1.27. The van der Waals surface area contributed by atoms with Crippen LogP contribution in [0.15, 0.2) is 24.3 Å². The fraction of sp³-hybridized carbons (Fsp3) is 0.538. The number of alkyl halides is 3. The minimum absolute atomic E-state index is 0.0239. The molecule has 0 spiro atoms. The Kier molecular flexibility index (Phi) is 5.62. The highest BCUT2D eigenvalue weighted by Gasteiger charge is 2.31. The Morgan fingerprint density at radius 2 is 1.84 bits per heavy atom. The molecule has 0 aromatic heterocycles. The fourth-order valence-electron chi connectivity index (χ4n) is 1.71. The van der Waals surface area contributed by atoms with Gasteiger partial charge in [-0.2, -0.15) is 0 Å². The van der Waals surface area contributed by atoms with Crippen LogP contribution < -0.4 is 10.1 Å². The van der Waals surface area contributed by atoms with Crippen LogP contribution in [0.25, 0.3) is 0 Å². The molecule has 0 heterocycles.